The number of aryl methyl sites for hydroxylation is 1. The van der Waals surface area contributed by atoms with Gasteiger partial charge in [-0.2, -0.15) is 0 Å². The number of carbonyl (C=O) groups is 1. The second kappa shape index (κ2) is 5.29. The third-order valence-electron chi connectivity index (χ3n) is 4.30. The molecule has 1 aliphatic rings. The maximum absolute atomic E-state index is 12.1. The Kier molecular flexibility index (Phi) is 3.49. The van der Waals surface area contributed by atoms with Crippen LogP contribution in [0.4, 0.5) is 0 Å². The lowest BCUT2D eigenvalue weighted by Crippen LogP contribution is -2.49. The normalized spacial score (nSPS) is 16.9. The Morgan fingerprint density at radius 2 is 2.20 bits per heavy atom. The predicted octanol–water partition coefficient (Wildman–Crippen LogP) is 2.21. The fraction of sp³-hybridized carbons (Fsp3) is 0.438. The van der Waals surface area contributed by atoms with Crippen molar-refractivity contribution in [3.63, 3.8) is 0 Å². The van der Waals surface area contributed by atoms with Crippen LogP contribution in [0.3, 0.4) is 0 Å². The molecule has 1 aromatic heterocycles. The van der Waals surface area contributed by atoms with E-state index < -0.39 is 0 Å². The van der Waals surface area contributed by atoms with Crippen molar-refractivity contribution in [1.29, 1.82) is 0 Å². The van der Waals surface area contributed by atoms with Crippen LogP contribution in [0.25, 0.3) is 11.0 Å². The van der Waals surface area contributed by atoms with Gasteiger partial charge in [0, 0.05) is 16.9 Å². The topological polar surface area (TPSA) is 54.3 Å². The van der Waals surface area contributed by atoms with Gasteiger partial charge >= 0.3 is 0 Å². The second-order valence-corrected chi connectivity index (χ2v) is 5.57. The van der Waals surface area contributed by atoms with E-state index in [0.717, 1.165) is 35.4 Å². The van der Waals surface area contributed by atoms with Gasteiger partial charge in [0.2, 0.25) is 5.91 Å². The number of furan rings is 1. The molecule has 1 fully saturated rings. The molecule has 1 amide bonds. The summed E-state index contributed by atoms with van der Waals surface area (Å²) in [6.07, 6.45) is 0. The van der Waals surface area contributed by atoms with Gasteiger partial charge in [-0.05, 0) is 32.0 Å². The molecular formula is C16H20N2O2. The Balaban J connectivity index is 1.67. The number of rotatable bonds is 4. The van der Waals surface area contributed by atoms with Crippen molar-refractivity contribution in [2.75, 3.05) is 13.1 Å². The molecule has 0 bridgehead atoms. The van der Waals surface area contributed by atoms with Gasteiger partial charge in [-0.3, -0.25) is 4.79 Å². The first-order chi connectivity index (χ1) is 9.66. The zero-order valence-corrected chi connectivity index (χ0v) is 11.9. The third kappa shape index (κ3) is 2.31. The molecule has 4 heteroatoms. The van der Waals surface area contributed by atoms with Gasteiger partial charge in [0.05, 0.1) is 6.54 Å². The van der Waals surface area contributed by atoms with Crippen LogP contribution in [0, 0.1) is 18.8 Å². The summed E-state index contributed by atoms with van der Waals surface area (Å²) >= 11 is 0. The number of hydrogen-bond acceptors (Lipinski definition) is 3. The SMILES string of the molecule is Cc1c(CNC(=O)C(C)C2CNC2)oc2ccccc12. The number of amides is 1. The first kappa shape index (κ1) is 13.2. The van der Waals surface area contributed by atoms with Crippen LogP contribution in [-0.2, 0) is 11.3 Å². The summed E-state index contributed by atoms with van der Waals surface area (Å²) in [7, 11) is 0. The molecule has 3 rings (SSSR count). The van der Waals surface area contributed by atoms with E-state index in [0.29, 0.717) is 12.5 Å². The van der Waals surface area contributed by atoms with Gasteiger partial charge in [-0.1, -0.05) is 25.1 Å². The summed E-state index contributed by atoms with van der Waals surface area (Å²) in [6, 6.07) is 7.96. The van der Waals surface area contributed by atoms with E-state index in [1.54, 1.807) is 0 Å². The van der Waals surface area contributed by atoms with Crippen molar-refractivity contribution < 1.29 is 9.21 Å². The molecule has 1 unspecified atom stereocenters. The average Bonchev–Trinajstić information content (AvgIpc) is 2.71. The molecule has 106 valence electrons. The highest BCUT2D eigenvalue weighted by molar-refractivity contribution is 5.82. The van der Waals surface area contributed by atoms with Gasteiger partial charge in [0.1, 0.15) is 11.3 Å². The van der Waals surface area contributed by atoms with E-state index in [-0.39, 0.29) is 11.8 Å². The van der Waals surface area contributed by atoms with Crippen LogP contribution >= 0.6 is 0 Å². The molecule has 1 aliphatic heterocycles. The highest BCUT2D eigenvalue weighted by Gasteiger charge is 2.28. The molecule has 2 aromatic rings. The number of fused-ring (bicyclic) bond motifs is 1. The van der Waals surface area contributed by atoms with E-state index >= 15 is 0 Å². The molecule has 1 saturated heterocycles. The molecule has 2 N–H and O–H groups in total. The molecule has 1 aromatic carbocycles. The summed E-state index contributed by atoms with van der Waals surface area (Å²) in [6.45, 7) is 6.37. The molecule has 0 spiro atoms. The molecule has 0 radical (unpaired) electrons. The Labute approximate surface area is 118 Å². The number of nitrogens with one attached hydrogen (secondary N) is 2. The number of benzene rings is 1. The highest BCUT2D eigenvalue weighted by atomic mass is 16.3. The molecule has 20 heavy (non-hydrogen) atoms. The van der Waals surface area contributed by atoms with Gasteiger partial charge in [0.15, 0.2) is 0 Å². The minimum absolute atomic E-state index is 0.0564. The Bertz CT molecular complexity index is 628. The van der Waals surface area contributed by atoms with Crippen LogP contribution in [0.2, 0.25) is 0 Å². The molecule has 4 nitrogen and oxygen atoms in total. The number of hydrogen-bond donors (Lipinski definition) is 2. The van der Waals surface area contributed by atoms with Gasteiger partial charge in [0.25, 0.3) is 0 Å². The standard InChI is InChI=1S/C16H20N2O2/c1-10(12-7-17-8-12)16(19)18-9-15-11(2)13-5-3-4-6-14(13)20-15/h3-6,10,12,17H,7-9H2,1-2H3,(H,18,19). The highest BCUT2D eigenvalue weighted by Crippen LogP contribution is 2.25. The monoisotopic (exact) mass is 272 g/mol. The second-order valence-electron chi connectivity index (χ2n) is 5.57. The summed E-state index contributed by atoms with van der Waals surface area (Å²) in [5, 5.41) is 7.31. The van der Waals surface area contributed by atoms with E-state index in [1.807, 2.05) is 38.1 Å². The zero-order chi connectivity index (χ0) is 14.1. The lowest BCUT2D eigenvalue weighted by Gasteiger charge is -2.31. The predicted molar refractivity (Wildman–Crippen MR) is 78.3 cm³/mol. The Hall–Kier alpha value is -1.81. The van der Waals surface area contributed by atoms with Crippen LogP contribution in [0.5, 0.6) is 0 Å². The average molecular weight is 272 g/mol. The number of carbonyl (C=O) groups excluding carboxylic acids is 1. The first-order valence-corrected chi connectivity index (χ1v) is 7.12. The summed E-state index contributed by atoms with van der Waals surface area (Å²) < 4.78 is 5.80. The largest absolute Gasteiger partial charge is 0.459 e. The van der Waals surface area contributed by atoms with Crippen LogP contribution in [-0.4, -0.2) is 19.0 Å². The summed E-state index contributed by atoms with van der Waals surface area (Å²) in [4.78, 5) is 12.1. The Morgan fingerprint density at radius 1 is 1.45 bits per heavy atom. The van der Waals surface area contributed by atoms with Crippen molar-refractivity contribution in [2.45, 2.75) is 20.4 Å². The fourth-order valence-corrected chi connectivity index (χ4v) is 2.60. The van der Waals surface area contributed by atoms with Crippen LogP contribution < -0.4 is 10.6 Å². The molecule has 1 atom stereocenters. The fourth-order valence-electron chi connectivity index (χ4n) is 2.60. The van der Waals surface area contributed by atoms with Crippen molar-refractivity contribution in [2.24, 2.45) is 11.8 Å². The van der Waals surface area contributed by atoms with Crippen LogP contribution in [0.1, 0.15) is 18.2 Å². The zero-order valence-electron chi connectivity index (χ0n) is 11.9. The maximum atomic E-state index is 12.1. The molecule has 2 heterocycles. The lowest BCUT2D eigenvalue weighted by molar-refractivity contribution is -0.126. The van der Waals surface area contributed by atoms with E-state index in [9.17, 15) is 4.79 Å². The third-order valence-corrected chi connectivity index (χ3v) is 4.30. The summed E-state index contributed by atoms with van der Waals surface area (Å²) in [5.74, 6) is 1.47. The van der Waals surface area contributed by atoms with E-state index in [4.69, 9.17) is 4.42 Å². The van der Waals surface area contributed by atoms with Gasteiger partial charge in [-0.25, -0.2) is 0 Å². The maximum Gasteiger partial charge on any atom is 0.223 e. The van der Waals surface area contributed by atoms with Crippen molar-refractivity contribution in [3.8, 4) is 0 Å². The first-order valence-electron chi connectivity index (χ1n) is 7.12. The van der Waals surface area contributed by atoms with Gasteiger partial charge < -0.3 is 15.1 Å². The van der Waals surface area contributed by atoms with E-state index in [1.165, 1.54) is 0 Å². The van der Waals surface area contributed by atoms with Crippen molar-refractivity contribution in [3.05, 3.63) is 35.6 Å². The van der Waals surface area contributed by atoms with E-state index in [2.05, 4.69) is 10.6 Å². The minimum Gasteiger partial charge on any atom is -0.459 e. The quantitative estimate of drug-likeness (QED) is 0.897. The Morgan fingerprint density at radius 3 is 2.85 bits per heavy atom. The van der Waals surface area contributed by atoms with Crippen LogP contribution in [0.15, 0.2) is 28.7 Å². The molecule has 0 aliphatic carbocycles. The molecular weight excluding hydrogens is 252 g/mol. The van der Waals surface area contributed by atoms with Crippen molar-refractivity contribution >= 4 is 16.9 Å². The number of para-hydroxylation sites is 1. The van der Waals surface area contributed by atoms with Gasteiger partial charge in [-0.15, -0.1) is 0 Å². The lowest BCUT2D eigenvalue weighted by atomic mass is 9.88. The molecule has 0 saturated carbocycles. The minimum atomic E-state index is 0.0564. The smallest absolute Gasteiger partial charge is 0.223 e. The summed E-state index contributed by atoms with van der Waals surface area (Å²) in [5.41, 5.74) is 1.99. The van der Waals surface area contributed by atoms with Crippen molar-refractivity contribution in [1.82, 2.24) is 10.6 Å².